The number of amidine groups is 2. The summed E-state index contributed by atoms with van der Waals surface area (Å²) < 4.78 is 23.4. The molecular weight excluding hydrogens is 447 g/mol. The Morgan fingerprint density at radius 2 is 1.88 bits per heavy atom. The Bertz CT molecular complexity index is 1360. The van der Waals surface area contributed by atoms with Crippen molar-refractivity contribution in [2.75, 3.05) is 0 Å². The van der Waals surface area contributed by atoms with E-state index in [1.54, 1.807) is 42.5 Å². The molecule has 0 saturated carbocycles. The molecule has 2 aliphatic rings. The zero-order valence-corrected chi connectivity index (χ0v) is 17.5. The molecule has 3 heterocycles. The first-order valence-electron chi connectivity index (χ1n) is 9.60. The fraction of sp³-hybridized carbons (Fsp3) is 0. The fourth-order valence-corrected chi connectivity index (χ4v) is 3.95. The van der Waals surface area contributed by atoms with Gasteiger partial charge in [0.05, 0.1) is 11.8 Å². The van der Waals surface area contributed by atoms with E-state index in [1.165, 1.54) is 35.5 Å². The zero-order chi connectivity index (χ0) is 22.9. The van der Waals surface area contributed by atoms with E-state index in [2.05, 4.69) is 10.1 Å². The van der Waals surface area contributed by atoms with E-state index in [-0.39, 0.29) is 28.2 Å². The molecule has 3 aromatic rings. The van der Waals surface area contributed by atoms with Crippen LogP contribution in [0.1, 0.15) is 21.7 Å². The molecule has 1 aromatic heterocycles. The van der Waals surface area contributed by atoms with Crippen LogP contribution in [0, 0.1) is 11.2 Å². The predicted molar refractivity (Wildman–Crippen MR) is 121 cm³/mol. The van der Waals surface area contributed by atoms with E-state index in [1.807, 2.05) is 0 Å². The number of halogens is 1. The minimum absolute atomic E-state index is 0.0591. The van der Waals surface area contributed by atoms with Gasteiger partial charge in [0.2, 0.25) is 10.9 Å². The van der Waals surface area contributed by atoms with E-state index < -0.39 is 11.9 Å². The molecule has 1 amide bonds. The Kier molecular flexibility index (Phi) is 5.19. The van der Waals surface area contributed by atoms with Crippen LogP contribution in [0.5, 0.6) is 5.75 Å². The number of nitrogens with zero attached hydrogens (tertiary/aromatic N) is 3. The van der Waals surface area contributed by atoms with Crippen LogP contribution in [0.2, 0.25) is 0 Å². The maximum absolute atomic E-state index is 13.2. The summed E-state index contributed by atoms with van der Waals surface area (Å²) >= 11 is 1.13. The number of benzene rings is 2. The molecule has 0 fully saturated rings. The van der Waals surface area contributed by atoms with E-state index in [4.69, 9.17) is 14.6 Å². The quantitative estimate of drug-likeness (QED) is 0.353. The topological polar surface area (TPSA) is 108 Å². The predicted octanol–water partition coefficient (Wildman–Crippen LogP) is 4.31. The van der Waals surface area contributed by atoms with E-state index >= 15 is 0 Å². The summed E-state index contributed by atoms with van der Waals surface area (Å²) in [5, 5.41) is 14.9. The van der Waals surface area contributed by atoms with Crippen molar-refractivity contribution in [2.45, 2.75) is 0 Å². The molecule has 5 rings (SSSR count). The summed E-state index contributed by atoms with van der Waals surface area (Å²) in [6.07, 6.45) is 2.89. The number of hydrogen-bond donors (Lipinski definition) is 1. The Morgan fingerprint density at radius 1 is 1.12 bits per heavy atom. The number of amides is 1. The van der Waals surface area contributed by atoms with Crippen molar-refractivity contribution in [3.05, 3.63) is 95.2 Å². The highest BCUT2D eigenvalue weighted by Crippen LogP contribution is 2.31. The summed E-state index contributed by atoms with van der Waals surface area (Å²) in [4.78, 5) is 28.6. The SMILES string of the molecule is N=C1/C(=C/c2ccc(OC(=O)c3ccco3)cc2)C(=O)N=C2SC(c3ccc(F)cc3)=NN12. The van der Waals surface area contributed by atoms with Crippen LogP contribution in [0.15, 0.2) is 87.0 Å². The zero-order valence-electron chi connectivity index (χ0n) is 16.7. The smallest absolute Gasteiger partial charge is 0.379 e. The van der Waals surface area contributed by atoms with Crippen LogP contribution in [-0.2, 0) is 4.79 Å². The molecule has 0 atom stereocenters. The molecule has 0 unspecified atom stereocenters. The van der Waals surface area contributed by atoms with Gasteiger partial charge in [-0.1, -0.05) is 12.1 Å². The summed E-state index contributed by atoms with van der Waals surface area (Å²) in [5.74, 6) is -1.30. The number of ether oxygens (including phenoxy) is 1. The highest BCUT2D eigenvalue weighted by atomic mass is 32.2. The third-order valence-electron chi connectivity index (χ3n) is 4.67. The van der Waals surface area contributed by atoms with Gasteiger partial charge in [-0.3, -0.25) is 10.2 Å². The Labute approximate surface area is 190 Å². The van der Waals surface area contributed by atoms with Crippen molar-refractivity contribution >= 4 is 45.8 Å². The fourth-order valence-electron chi connectivity index (χ4n) is 3.05. The van der Waals surface area contributed by atoms with Gasteiger partial charge in [-0.2, -0.15) is 15.1 Å². The van der Waals surface area contributed by atoms with Gasteiger partial charge in [0, 0.05) is 5.56 Å². The molecule has 0 spiro atoms. The molecule has 2 aromatic carbocycles. The molecule has 0 aliphatic carbocycles. The molecule has 0 bridgehead atoms. The first-order chi connectivity index (χ1) is 16.0. The van der Waals surface area contributed by atoms with Crippen molar-refractivity contribution in [3.8, 4) is 5.75 Å². The van der Waals surface area contributed by atoms with Crippen molar-refractivity contribution in [1.29, 1.82) is 5.41 Å². The number of rotatable bonds is 4. The molecule has 10 heteroatoms. The molecule has 8 nitrogen and oxygen atoms in total. The van der Waals surface area contributed by atoms with Gasteiger partial charge in [-0.25, -0.2) is 9.18 Å². The lowest BCUT2D eigenvalue weighted by atomic mass is 10.1. The van der Waals surface area contributed by atoms with Crippen LogP contribution < -0.4 is 4.74 Å². The number of furan rings is 1. The number of thioether (sulfide) groups is 1. The van der Waals surface area contributed by atoms with Gasteiger partial charge in [0.1, 0.15) is 16.6 Å². The number of aliphatic imine (C=N–C) groups is 1. The summed E-state index contributed by atoms with van der Waals surface area (Å²) in [6, 6.07) is 15.3. The third-order valence-corrected chi connectivity index (χ3v) is 5.63. The maximum Gasteiger partial charge on any atom is 0.379 e. The molecule has 33 heavy (non-hydrogen) atoms. The van der Waals surface area contributed by atoms with Crippen LogP contribution in [0.4, 0.5) is 4.39 Å². The third kappa shape index (κ3) is 4.11. The largest absolute Gasteiger partial charge is 0.457 e. The van der Waals surface area contributed by atoms with Gasteiger partial charge in [0.25, 0.3) is 5.91 Å². The van der Waals surface area contributed by atoms with Crippen molar-refractivity contribution in [1.82, 2.24) is 5.01 Å². The minimum Gasteiger partial charge on any atom is -0.457 e. The number of hydrazone groups is 1. The number of hydrogen-bond acceptors (Lipinski definition) is 7. The second-order valence-electron chi connectivity index (χ2n) is 6.87. The van der Waals surface area contributed by atoms with E-state index in [0.717, 1.165) is 11.8 Å². The number of esters is 1. The van der Waals surface area contributed by atoms with Gasteiger partial charge in [-0.05, 0) is 71.9 Å². The molecule has 0 saturated heterocycles. The Balaban J connectivity index is 1.35. The number of nitrogens with one attached hydrogen (secondary N) is 1. The van der Waals surface area contributed by atoms with Crippen molar-refractivity contribution in [3.63, 3.8) is 0 Å². The average Bonchev–Trinajstić information content (AvgIpc) is 3.49. The standard InChI is InChI=1S/C23H13FN4O4S/c24-15-7-5-14(6-8-15)21-27-28-19(25)17(20(29)26-23(28)33-21)12-13-3-9-16(10-4-13)32-22(30)18-2-1-11-31-18/h1-12,25H/b17-12-,25-19?. The lowest BCUT2D eigenvalue weighted by molar-refractivity contribution is -0.114. The van der Waals surface area contributed by atoms with Gasteiger partial charge >= 0.3 is 5.97 Å². The van der Waals surface area contributed by atoms with Crippen LogP contribution in [0.3, 0.4) is 0 Å². The van der Waals surface area contributed by atoms with Crippen molar-refractivity contribution in [2.24, 2.45) is 10.1 Å². The normalized spacial score (nSPS) is 16.5. The lowest BCUT2D eigenvalue weighted by Gasteiger charge is -2.20. The summed E-state index contributed by atoms with van der Waals surface area (Å²) in [6.45, 7) is 0. The second kappa shape index (κ2) is 8.32. The first kappa shape index (κ1) is 20.6. The second-order valence-corrected chi connectivity index (χ2v) is 7.82. The molecule has 2 aliphatic heterocycles. The number of carbonyl (C=O) groups excluding carboxylic acids is 2. The van der Waals surface area contributed by atoms with Crippen molar-refractivity contribution < 1.29 is 23.1 Å². The van der Waals surface area contributed by atoms with Crippen LogP contribution >= 0.6 is 11.8 Å². The minimum atomic E-state index is -0.626. The highest BCUT2D eigenvalue weighted by molar-refractivity contribution is 8.27. The molecule has 1 N–H and O–H groups in total. The Hall–Kier alpha value is -4.31. The van der Waals surface area contributed by atoms with Crippen LogP contribution in [0.25, 0.3) is 6.08 Å². The monoisotopic (exact) mass is 460 g/mol. The summed E-state index contributed by atoms with van der Waals surface area (Å²) in [5.41, 5.74) is 1.32. The maximum atomic E-state index is 13.2. The molecule has 162 valence electrons. The van der Waals surface area contributed by atoms with Gasteiger partial charge in [-0.15, -0.1) is 0 Å². The number of fused-ring (bicyclic) bond motifs is 1. The molecular formula is C23H13FN4O4S. The lowest BCUT2D eigenvalue weighted by Crippen LogP contribution is -2.35. The number of carbonyl (C=O) groups is 2. The van der Waals surface area contributed by atoms with Gasteiger partial charge < -0.3 is 9.15 Å². The van der Waals surface area contributed by atoms with Crippen LogP contribution in [-0.4, -0.2) is 32.9 Å². The first-order valence-corrected chi connectivity index (χ1v) is 10.4. The van der Waals surface area contributed by atoms with E-state index in [0.29, 0.717) is 21.9 Å². The average molecular weight is 460 g/mol. The summed E-state index contributed by atoms with van der Waals surface area (Å²) in [7, 11) is 0. The van der Waals surface area contributed by atoms with Gasteiger partial charge in [0.15, 0.2) is 5.84 Å². The van der Waals surface area contributed by atoms with E-state index in [9.17, 15) is 14.0 Å². The molecule has 0 radical (unpaired) electrons. The Morgan fingerprint density at radius 3 is 2.58 bits per heavy atom. The highest BCUT2D eigenvalue weighted by Gasteiger charge is 2.36.